The molecular formula is C11H16N2O5. The Morgan fingerprint density at radius 3 is 2.33 bits per heavy atom. The van der Waals surface area contributed by atoms with Crippen molar-refractivity contribution in [2.24, 2.45) is 0 Å². The summed E-state index contributed by atoms with van der Waals surface area (Å²) >= 11 is 0. The lowest BCUT2D eigenvalue weighted by Crippen LogP contribution is -2.57. The highest BCUT2D eigenvalue weighted by Crippen LogP contribution is 2.03. The molecule has 0 atom stereocenters. The van der Waals surface area contributed by atoms with Crippen molar-refractivity contribution in [1.82, 2.24) is 10.3 Å². The lowest BCUT2D eigenvalue weighted by molar-refractivity contribution is 0.0374. The van der Waals surface area contributed by atoms with E-state index in [0.29, 0.717) is 5.69 Å². The topological polar surface area (TPSA) is 123 Å². The Balaban J connectivity index is 2.98. The van der Waals surface area contributed by atoms with E-state index in [2.05, 4.69) is 10.3 Å². The first kappa shape index (κ1) is 14.4. The van der Waals surface area contributed by atoms with Crippen LogP contribution < -0.4 is 10.7 Å². The highest BCUT2D eigenvalue weighted by Gasteiger charge is 2.30. The first-order chi connectivity index (χ1) is 8.48. The number of carbonyl (C=O) groups excluding carboxylic acids is 1. The summed E-state index contributed by atoms with van der Waals surface area (Å²) in [6, 6.07) is 1.26. The second-order valence-electron chi connectivity index (χ2n) is 4.10. The summed E-state index contributed by atoms with van der Waals surface area (Å²) in [6.45, 7) is -0.261. The highest BCUT2D eigenvalue weighted by molar-refractivity contribution is 5.94. The third-order valence-electron chi connectivity index (χ3n) is 2.59. The van der Waals surface area contributed by atoms with Gasteiger partial charge in [-0.1, -0.05) is 0 Å². The predicted molar refractivity (Wildman–Crippen MR) is 63.3 cm³/mol. The Morgan fingerprint density at radius 1 is 1.33 bits per heavy atom. The van der Waals surface area contributed by atoms with E-state index in [-0.39, 0.29) is 5.56 Å². The minimum Gasteiger partial charge on any atom is -0.394 e. The van der Waals surface area contributed by atoms with Crippen molar-refractivity contribution in [3.63, 3.8) is 0 Å². The Bertz CT molecular complexity index is 470. The maximum Gasteiger partial charge on any atom is 0.257 e. The normalized spacial score (nSPS) is 11.3. The van der Waals surface area contributed by atoms with Crippen molar-refractivity contribution in [3.05, 3.63) is 33.7 Å². The summed E-state index contributed by atoms with van der Waals surface area (Å²) in [7, 11) is 0. The fourth-order valence-electron chi connectivity index (χ4n) is 1.33. The van der Waals surface area contributed by atoms with Crippen LogP contribution in [0.4, 0.5) is 0 Å². The number of aryl methyl sites for hydroxylation is 1. The summed E-state index contributed by atoms with van der Waals surface area (Å²) in [5.41, 5.74) is -1.57. The average Bonchev–Trinajstić information content (AvgIpc) is 2.36. The van der Waals surface area contributed by atoms with E-state index in [1.807, 2.05) is 0 Å². The molecule has 1 aromatic rings. The van der Waals surface area contributed by atoms with Gasteiger partial charge in [-0.3, -0.25) is 9.59 Å². The van der Waals surface area contributed by atoms with Crippen LogP contribution in [0.25, 0.3) is 0 Å². The maximum absolute atomic E-state index is 11.8. The molecule has 1 aromatic heterocycles. The first-order valence-electron chi connectivity index (χ1n) is 5.32. The van der Waals surface area contributed by atoms with Crippen molar-refractivity contribution >= 4 is 5.91 Å². The summed E-state index contributed by atoms with van der Waals surface area (Å²) < 4.78 is 0. The molecule has 0 bridgehead atoms. The number of amides is 1. The molecular weight excluding hydrogens is 240 g/mol. The molecule has 0 aromatic carbocycles. The van der Waals surface area contributed by atoms with Gasteiger partial charge in [-0.2, -0.15) is 0 Å². The van der Waals surface area contributed by atoms with Crippen LogP contribution in [0.15, 0.2) is 17.1 Å². The van der Waals surface area contributed by atoms with Crippen LogP contribution in [0, 0.1) is 6.92 Å². The smallest absolute Gasteiger partial charge is 0.257 e. The van der Waals surface area contributed by atoms with Gasteiger partial charge < -0.3 is 25.6 Å². The predicted octanol–water partition coefficient (Wildman–Crippen LogP) is -1.87. The van der Waals surface area contributed by atoms with Gasteiger partial charge in [0.25, 0.3) is 5.91 Å². The number of aromatic nitrogens is 1. The molecule has 0 aliphatic carbocycles. The summed E-state index contributed by atoms with van der Waals surface area (Å²) in [5.74, 6) is -0.770. The van der Waals surface area contributed by atoms with Gasteiger partial charge in [-0.25, -0.2) is 0 Å². The number of aromatic amines is 1. The van der Waals surface area contributed by atoms with E-state index in [9.17, 15) is 9.59 Å². The summed E-state index contributed by atoms with van der Waals surface area (Å²) in [5, 5.41) is 29.4. The van der Waals surface area contributed by atoms with Gasteiger partial charge in [-0.05, 0) is 6.92 Å². The third-order valence-corrected chi connectivity index (χ3v) is 2.59. The molecule has 7 heteroatoms. The minimum atomic E-state index is -1.55. The van der Waals surface area contributed by atoms with Crippen LogP contribution in [0.5, 0.6) is 0 Å². The van der Waals surface area contributed by atoms with Crippen molar-refractivity contribution < 1.29 is 20.1 Å². The van der Waals surface area contributed by atoms with Gasteiger partial charge in [0.2, 0.25) is 0 Å². The van der Waals surface area contributed by atoms with Crippen molar-refractivity contribution in [2.45, 2.75) is 12.5 Å². The lowest BCUT2D eigenvalue weighted by Gasteiger charge is -2.28. The number of H-pyrrole nitrogens is 1. The van der Waals surface area contributed by atoms with Crippen LogP contribution in [-0.2, 0) is 0 Å². The Hall–Kier alpha value is -1.70. The van der Waals surface area contributed by atoms with Gasteiger partial charge in [0.1, 0.15) is 11.1 Å². The number of aliphatic hydroxyl groups is 3. The fourth-order valence-corrected chi connectivity index (χ4v) is 1.33. The van der Waals surface area contributed by atoms with Gasteiger partial charge in [-0.15, -0.1) is 0 Å². The van der Waals surface area contributed by atoms with Crippen LogP contribution in [0.3, 0.4) is 0 Å². The van der Waals surface area contributed by atoms with E-state index in [4.69, 9.17) is 15.3 Å². The second-order valence-corrected chi connectivity index (χ2v) is 4.10. The zero-order valence-electron chi connectivity index (χ0n) is 9.93. The Kier molecular flexibility index (Phi) is 4.60. The van der Waals surface area contributed by atoms with Crippen LogP contribution in [0.1, 0.15) is 16.1 Å². The van der Waals surface area contributed by atoms with Crippen molar-refractivity contribution in [1.29, 1.82) is 0 Å². The van der Waals surface area contributed by atoms with E-state index in [0.717, 1.165) is 0 Å². The van der Waals surface area contributed by atoms with E-state index < -0.39 is 36.7 Å². The molecule has 0 saturated carbocycles. The van der Waals surface area contributed by atoms with Crippen molar-refractivity contribution in [2.75, 3.05) is 19.8 Å². The largest absolute Gasteiger partial charge is 0.394 e. The van der Waals surface area contributed by atoms with E-state index in [1.165, 1.54) is 12.3 Å². The van der Waals surface area contributed by atoms with E-state index in [1.54, 1.807) is 6.92 Å². The standard InChI is InChI=1S/C11H16N2O5/c1-7-2-9(17)8(3-12-7)10(18)13-11(4-14,5-15)6-16/h2-3,14-16H,4-6H2,1H3,(H,12,17)(H,13,18). The molecule has 18 heavy (non-hydrogen) atoms. The SMILES string of the molecule is Cc1cc(=O)c(C(=O)NC(CO)(CO)CO)c[nH]1. The number of hydrogen-bond donors (Lipinski definition) is 5. The van der Waals surface area contributed by atoms with Crippen LogP contribution in [-0.4, -0.2) is 51.6 Å². The quantitative estimate of drug-likeness (QED) is 0.422. The molecule has 100 valence electrons. The lowest BCUT2D eigenvalue weighted by atomic mass is 10.0. The van der Waals surface area contributed by atoms with Gasteiger partial charge in [0, 0.05) is 18.0 Å². The minimum absolute atomic E-state index is 0.152. The number of pyridine rings is 1. The molecule has 0 fully saturated rings. The van der Waals surface area contributed by atoms with Crippen LogP contribution in [0.2, 0.25) is 0 Å². The molecule has 0 aliphatic rings. The number of rotatable bonds is 5. The molecule has 7 nitrogen and oxygen atoms in total. The molecule has 0 spiro atoms. The molecule has 1 heterocycles. The zero-order valence-corrected chi connectivity index (χ0v) is 9.93. The third kappa shape index (κ3) is 2.95. The molecule has 0 radical (unpaired) electrons. The molecule has 0 unspecified atom stereocenters. The van der Waals surface area contributed by atoms with Gasteiger partial charge in [0.05, 0.1) is 19.8 Å². The number of hydrogen-bond acceptors (Lipinski definition) is 5. The summed E-state index contributed by atoms with van der Waals surface area (Å²) in [6.07, 6.45) is 1.24. The number of carbonyl (C=O) groups is 1. The first-order valence-corrected chi connectivity index (χ1v) is 5.32. The van der Waals surface area contributed by atoms with E-state index >= 15 is 0 Å². The monoisotopic (exact) mass is 256 g/mol. The summed E-state index contributed by atoms with van der Waals surface area (Å²) in [4.78, 5) is 26.1. The number of nitrogens with one attached hydrogen (secondary N) is 2. The molecule has 0 saturated heterocycles. The zero-order chi connectivity index (χ0) is 13.8. The van der Waals surface area contributed by atoms with Crippen molar-refractivity contribution in [3.8, 4) is 0 Å². The molecule has 1 amide bonds. The average molecular weight is 256 g/mol. The maximum atomic E-state index is 11.8. The second kappa shape index (κ2) is 5.76. The Morgan fingerprint density at radius 2 is 1.89 bits per heavy atom. The highest BCUT2D eigenvalue weighted by atomic mass is 16.3. The Labute approximate surface area is 103 Å². The molecule has 0 aliphatic heterocycles. The molecule has 5 N–H and O–H groups in total. The van der Waals surface area contributed by atoms with Gasteiger partial charge >= 0.3 is 0 Å². The molecule has 1 rings (SSSR count). The van der Waals surface area contributed by atoms with Gasteiger partial charge in [0.15, 0.2) is 5.43 Å². The fraction of sp³-hybridized carbons (Fsp3) is 0.455. The number of aliphatic hydroxyl groups excluding tert-OH is 3. The van der Waals surface area contributed by atoms with Crippen LogP contribution >= 0.6 is 0 Å².